The summed E-state index contributed by atoms with van der Waals surface area (Å²) in [7, 11) is 0. The summed E-state index contributed by atoms with van der Waals surface area (Å²) in [6, 6.07) is 0. The van der Waals surface area contributed by atoms with Gasteiger partial charge in [-0.25, -0.2) is 0 Å². The zero-order valence-electron chi connectivity index (χ0n) is 6.80. The SMILES string of the molecule is OC(Cl)CCCN1CCCC1. The second-order valence-corrected chi connectivity index (χ2v) is 3.63. The van der Waals surface area contributed by atoms with Crippen LogP contribution in [0.15, 0.2) is 0 Å². The Morgan fingerprint density at radius 2 is 2.00 bits per heavy atom. The molecule has 0 aromatic heterocycles. The lowest BCUT2D eigenvalue weighted by atomic mass is 10.3. The van der Waals surface area contributed by atoms with Gasteiger partial charge in [-0.2, -0.15) is 0 Å². The largest absolute Gasteiger partial charge is 0.378 e. The van der Waals surface area contributed by atoms with Gasteiger partial charge in [0.25, 0.3) is 0 Å². The molecule has 1 unspecified atom stereocenters. The van der Waals surface area contributed by atoms with E-state index in [1.165, 1.54) is 25.9 Å². The van der Waals surface area contributed by atoms with Crippen molar-refractivity contribution in [2.45, 2.75) is 31.2 Å². The Kier molecular flexibility index (Phi) is 4.20. The van der Waals surface area contributed by atoms with Crippen LogP contribution < -0.4 is 0 Å². The smallest absolute Gasteiger partial charge is 0.128 e. The third-order valence-corrected chi connectivity index (χ3v) is 2.33. The summed E-state index contributed by atoms with van der Waals surface area (Å²) in [4.78, 5) is 2.43. The van der Waals surface area contributed by atoms with Gasteiger partial charge < -0.3 is 10.0 Å². The molecule has 0 aliphatic carbocycles. The number of rotatable bonds is 4. The van der Waals surface area contributed by atoms with Gasteiger partial charge in [-0.15, -0.1) is 0 Å². The molecule has 3 heteroatoms. The number of hydrogen-bond acceptors (Lipinski definition) is 2. The van der Waals surface area contributed by atoms with Crippen molar-refractivity contribution in [3.05, 3.63) is 0 Å². The summed E-state index contributed by atoms with van der Waals surface area (Å²) in [5, 5.41) is 8.77. The van der Waals surface area contributed by atoms with Crippen LogP contribution >= 0.6 is 11.6 Å². The first kappa shape index (κ1) is 9.30. The molecule has 0 aromatic carbocycles. The van der Waals surface area contributed by atoms with E-state index in [1.54, 1.807) is 0 Å². The van der Waals surface area contributed by atoms with Crippen molar-refractivity contribution in [1.82, 2.24) is 4.90 Å². The topological polar surface area (TPSA) is 23.5 Å². The molecular formula is C8H16ClNO. The molecule has 1 atom stereocenters. The van der Waals surface area contributed by atoms with Crippen molar-refractivity contribution in [3.63, 3.8) is 0 Å². The zero-order chi connectivity index (χ0) is 8.10. The minimum atomic E-state index is -0.641. The van der Waals surface area contributed by atoms with Crippen LogP contribution in [0.3, 0.4) is 0 Å². The van der Waals surface area contributed by atoms with Crippen LogP contribution in [0.25, 0.3) is 0 Å². The molecule has 2 nitrogen and oxygen atoms in total. The van der Waals surface area contributed by atoms with E-state index in [2.05, 4.69) is 4.90 Å². The van der Waals surface area contributed by atoms with Crippen molar-refractivity contribution in [2.24, 2.45) is 0 Å². The maximum Gasteiger partial charge on any atom is 0.128 e. The maximum absolute atomic E-state index is 8.77. The highest BCUT2D eigenvalue weighted by Crippen LogP contribution is 2.09. The summed E-state index contributed by atoms with van der Waals surface area (Å²) in [6.45, 7) is 3.57. The zero-order valence-corrected chi connectivity index (χ0v) is 7.56. The second-order valence-electron chi connectivity index (χ2n) is 3.13. The molecular weight excluding hydrogens is 162 g/mol. The van der Waals surface area contributed by atoms with Gasteiger partial charge in [-0.3, -0.25) is 0 Å². The van der Waals surface area contributed by atoms with E-state index < -0.39 is 5.56 Å². The average molecular weight is 178 g/mol. The monoisotopic (exact) mass is 177 g/mol. The lowest BCUT2D eigenvalue weighted by molar-refractivity contribution is 0.229. The number of likely N-dealkylation sites (tertiary alicyclic amines) is 1. The van der Waals surface area contributed by atoms with Gasteiger partial charge >= 0.3 is 0 Å². The summed E-state index contributed by atoms with van der Waals surface area (Å²) in [6.07, 6.45) is 4.41. The lowest BCUT2D eigenvalue weighted by Crippen LogP contribution is -2.20. The van der Waals surface area contributed by atoms with Crippen molar-refractivity contribution < 1.29 is 5.11 Å². The van der Waals surface area contributed by atoms with Crippen LogP contribution in [0, 0.1) is 0 Å². The number of aliphatic hydroxyl groups is 1. The Labute approximate surface area is 73.1 Å². The standard InChI is InChI=1S/C8H16ClNO/c9-8(11)4-3-7-10-5-1-2-6-10/h8,11H,1-7H2. The van der Waals surface area contributed by atoms with Gasteiger partial charge in [0, 0.05) is 0 Å². The number of halogens is 1. The fraction of sp³-hybridized carbons (Fsp3) is 1.00. The fourth-order valence-electron chi connectivity index (χ4n) is 1.49. The molecule has 1 rings (SSSR count). The van der Waals surface area contributed by atoms with Gasteiger partial charge in [0.1, 0.15) is 5.56 Å². The summed E-state index contributed by atoms with van der Waals surface area (Å²) in [5.41, 5.74) is -0.641. The Morgan fingerprint density at radius 3 is 2.55 bits per heavy atom. The molecule has 1 fully saturated rings. The molecule has 0 bridgehead atoms. The van der Waals surface area contributed by atoms with Gasteiger partial charge in [-0.05, 0) is 45.3 Å². The Morgan fingerprint density at radius 1 is 1.36 bits per heavy atom. The van der Waals surface area contributed by atoms with E-state index in [9.17, 15) is 0 Å². The highest BCUT2D eigenvalue weighted by molar-refractivity contribution is 6.19. The molecule has 0 amide bonds. The molecule has 1 heterocycles. The highest BCUT2D eigenvalue weighted by Gasteiger charge is 2.10. The second kappa shape index (κ2) is 4.96. The Hall–Kier alpha value is 0.210. The minimum absolute atomic E-state index is 0.641. The summed E-state index contributed by atoms with van der Waals surface area (Å²) < 4.78 is 0. The first-order valence-corrected chi connectivity index (χ1v) is 4.77. The van der Waals surface area contributed by atoms with Crippen LogP contribution in [-0.2, 0) is 0 Å². The van der Waals surface area contributed by atoms with Crippen molar-refractivity contribution >= 4 is 11.6 Å². The van der Waals surface area contributed by atoms with Crippen molar-refractivity contribution in [1.29, 1.82) is 0 Å². The summed E-state index contributed by atoms with van der Waals surface area (Å²) in [5.74, 6) is 0. The van der Waals surface area contributed by atoms with Gasteiger partial charge in [0.15, 0.2) is 0 Å². The highest BCUT2D eigenvalue weighted by atomic mass is 35.5. The quantitative estimate of drug-likeness (QED) is 0.657. The Bertz CT molecular complexity index is 102. The molecule has 1 N–H and O–H groups in total. The Balaban J connectivity index is 1.94. The average Bonchev–Trinajstić information content (AvgIpc) is 2.39. The first-order valence-electron chi connectivity index (χ1n) is 4.33. The molecule has 0 saturated carbocycles. The molecule has 0 aromatic rings. The molecule has 0 radical (unpaired) electrons. The molecule has 66 valence electrons. The molecule has 0 spiro atoms. The van der Waals surface area contributed by atoms with Gasteiger partial charge in [0.05, 0.1) is 0 Å². The van der Waals surface area contributed by atoms with E-state index in [0.29, 0.717) is 0 Å². The third-order valence-electron chi connectivity index (χ3n) is 2.12. The van der Waals surface area contributed by atoms with Crippen LogP contribution in [0.2, 0.25) is 0 Å². The van der Waals surface area contributed by atoms with Crippen LogP contribution in [0.4, 0.5) is 0 Å². The van der Waals surface area contributed by atoms with E-state index in [-0.39, 0.29) is 0 Å². The summed E-state index contributed by atoms with van der Waals surface area (Å²) >= 11 is 5.40. The molecule has 1 saturated heterocycles. The molecule has 1 aliphatic heterocycles. The first-order chi connectivity index (χ1) is 5.29. The predicted molar refractivity (Wildman–Crippen MR) is 46.8 cm³/mol. The minimum Gasteiger partial charge on any atom is -0.378 e. The van der Waals surface area contributed by atoms with Crippen LogP contribution in [-0.4, -0.2) is 35.2 Å². The van der Waals surface area contributed by atoms with E-state index in [4.69, 9.17) is 16.7 Å². The number of nitrogens with zero attached hydrogens (tertiary/aromatic N) is 1. The van der Waals surface area contributed by atoms with E-state index in [0.717, 1.165) is 19.4 Å². The van der Waals surface area contributed by atoms with E-state index in [1.807, 2.05) is 0 Å². The normalized spacial score (nSPS) is 22.4. The number of alkyl halides is 1. The van der Waals surface area contributed by atoms with Gasteiger partial charge in [0.2, 0.25) is 0 Å². The maximum atomic E-state index is 8.77. The van der Waals surface area contributed by atoms with E-state index >= 15 is 0 Å². The lowest BCUT2D eigenvalue weighted by Gasteiger charge is -2.13. The predicted octanol–water partition coefficient (Wildman–Crippen LogP) is 1.42. The number of hydrogen-bond donors (Lipinski definition) is 1. The van der Waals surface area contributed by atoms with Crippen LogP contribution in [0.1, 0.15) is 25.7 Å². The van der Waals surface area contributed by atoms with Crippen molar-refractivity contribution in [3.8, 4) is 0 Å². The van der Waals surface area contributed by atoms with Gasteiger partial charge in [-0.1, -0.05) is 11.6 Å². The molecule has 11 heavy (non-hydrogen) atoms. The third kappa shape index (κ3) is 3.94. The molecule has 1 aliphatic rings. The number of aliphatic hydroxyl groups excluding tert-OH is 1. The van der Waals surface area contributed by atoms with Crippen LogP contribution in [0.5, 0.6) is 0 Å². The fourth-order valence-corrected chi connectivity index (χ4v) is 1.64. The van der Waals surface area contributed by atoms with Crippen molar-refractivity contribution in [2.75, 3.05) is 19.6 Å².